The van der Waals surface area contributed by atoms with Crippen molar-refractivity contribution in [2.75, 3.05) is 5.32 Å². The van der Waals surface area contributed by atoms with E-state index < -0.39 is 11.8 Å². The van der Waals surface area contributed by atoms with Gasteiger partial charge in [-0.2, -0.15) is 10.4 Å². The molecule has 1 aliphatic rings. The number of nitrogens with zero attached hydrogens (tertiary/aromatic N) is 2. The maximum Gasteiger partial charge on any atom is 0.329 e. The number of aryl methyl sites for hydroxylation is 1. The van der Waals surface area contributed by atoms with Crippen LogP contribution in [-0.4, -0.2) is 18.0 Å². The van der Waals surface area contributed by atoms with Crippen molar-refractivity contribution in [3.63, 3.8) is 0 Å². The van der Waals surface area contributed by atoms with E-state index in [1.165, 1.54) is 17.6 Å². The number of hydrogen-bond acceptors (Lipinski definition) is 6. The molecule has 156 valence electrons. The number of hydrazone groups is 1. The molecule has 2 heterocycles. The Labute approximate surface area is 190 Å². The third-order valence-corrected chi connectivity index (χ3v) is 6.57. The molecule has 0 bridgehead atoms. The molecule has 0 saturated carbocycles. The van der Waals surface area contributed by atoms with E-state index >= 15 is 0 Å². The molecule has 1 aliphatic carbocycles. The molecule has 31 heavy (non-hydrogen) atoms. The zero-order chi connectivity index (χ0) is 21.8. The molecular formula is C22H17BrN4O3S. The first-order chi connectivity index (χ1) is 15.0. The maximum absolute atomic E-state index is 12.2. The first-order valence-electron chi connectivity index (χ1n) is 9.60. The number of nitrogens with one attached hydrogen (secondary N) is 2. The van der Waals surface area contributed by atoms with Crippen LogP contribution in [0.5, 0.6) is 0 Å². The van der Waals surface area contributed by atoms with Crippen LogP contribution >= 0.6 is 27.3 Å². The average molecular weight is 497 g/mol. The van der Waals surface area contributed by atoms with Crippen molar-refractivity contribution in [2.45, 2.75) is 25.7 Å². The summed E-state index contributed by atoms with van der Waals surface area (Å²) < 4.78 is 6.64. The molecule has 2 aromatic heterocycles. The SMILES string of the molecule is N#Cc1c(NC(=O)C(=O)N/N=C\c2ccc(-c3ccc(Br)cc3)o2)sc2c1CCCC2. The minimum Gasteiger partial charge on any atom is -0.455 e. The lowest BCUT2D eigenvalue weighted by Crippen LogP contribution is -2.32. The number of nitriles is 1. The third-order valence-electron chi connectivity index (χ3n) is 4.83. The minimum absolute atomic E-state index is 0.420. The first-order valence-corrected chi connectivity index (χ1v) is 11.2. The summed E-state index contributed by atoms with van der Waals surface area (Å²) in [6.45, 7) is 0. The minimum atomic E-state index is -0.925. The standard InChI is InChI=1S/C22H17BrN4O3S/c23-14-7-5-13(6-8-14)18-10-9-15(30-18)12-25-27-21(29)20(28)26-22-17(11-24)16-3-1-2-4-19(16)31-22/h5-10,12H,1-4H2,(H,26,28)(H,27,29)/b25-12-. The van der Waals surface area contributed by atoms with Crippen molar-refractivity contribution in [2.24, 2.45) is 5.10 Å². The number of halogens is 1. The van der Waals surface area contributed by atoms with Crippen LogP contribution in [0.4, 0.5) is 5.00 Å². The van der Waals surface area contributed by atoms with Crippen molar-refractivity contribution in [3.05, 3.63) is 62.6 Å². The fourth-order valence-corrected chi connectivity index (χ4v) is 4.83. The molecule has 0 spiro atoms. The van der Waals surface area contributed by atoms with Gasteiger partial charge in [-0.25, -0.2) is 5.43 Å². The van der Waals surface area contributed by atoms with E-state index in [1.807, 2.05) is 24.3 Å². The predicted molar refractivity (Wildman–Crippen MR) is 122 cm³/mol. The second-order valence-electron chi connectivity index (χ2n) is 6.89. The van der Waals surface area contributed by atoms with Crippen LogP contribution in [0.1, 0.15) is 34.6 Å². The highest BCUT2D eigenvalue weighted by Crippen LogP contribution is 2.37. The highest BCUT2D eigenvalue weighted by atomic mass is 79.9. The van der Waals surface area contributed by atoms with Gasteiger partial charge in [-0.15, -0.1) is 11.3 Å². The summed E-state index contributed by atoms with van der Waals surface area (Å²) in [4.78, 5) is 25.4. The van der Waals surface area contributed by atoms with Gasteiger partial charge in [0.05, 0.1) is 11.8 Å². The van der Waals surface area contributed by atoms with Crippen LogP contribution in [0, 0.1) is 11.3 Å². The predicted octanol–water partition coefficient (Wildman–Crippen LogP) is 4.61. The smallest absolute Gasteiger partial charge is 0.329 e. The Hall–Kier alpha value is -3.22. The molecule has 0 fully saturated rings. The summed E-state index contributed by atoms with van der Waals surface area (Å²) in [6.07, 6.45) is 5.13. The van der Waals surface area contributed by atoms with Gasteiger partial charge in [-0.3, -0.25) is 9.59 Å². The zero-order valence-electron chi connectivity index (χ0n) is 16.3. The normalized spacial score (nSPS) is 12.9. The van der Waals surface area contributed by atoms with Gasteiger partial charge in [0, 0.05) is 14.9 Å². The van der Waals surface area contributed by atoms with Crippen molar-refractivity contribution in [1.29, 1.82) is 5.26 Å². The Bertz CT molecular complexity index is 1200. The monoisotopic (exact) mass is 496 g/mol. The number of thiophene rings is 1. The number of amides is 2. The highest BCUT2D eigenvalue weighted by molar-refractivity contribution is 9.10. The van der Waals surface area contributed by atoms with Crippen molar-refractivity contribution < 1.29 is 14.0 Å². The van der Waals surface area contributed by atoms with Gasteiger partial charge in [-0.05, 0) is 55.5 Å². The average Bonchev–Trinajstić information content (AvgIpc) is 3.38. The molecule has 4 rings (SSSR count). The van der Waals surface area contributed by atoms with Gasteiger partial charge in [0.15, 0.2) is 0 Å². The Morgan fingerprint density at radius 2 is 1.90 bits per heavy atom. The van der Waals surface area contributed by atoms with E-state index in [-0.39, 0.29) is 0 Å². The fraction of sp³-hybridized carbons (Fsp3) is 0.182. The van der Waals surface area contributed by atoms with Gasteiger partial charge in [0.25, 0.3) is 0 Å². The van der Waals surface area contributed by atoms with Crippen molar-refractivity contribution in [3.8, 4) is 17.4 Å². The van der Waals surface area contributed by atoms with Gasteiger partial charge in [0.2, 0.25) is 0 Å². The van der Waals surface area contributed by atoms with E-state index in [0.29, 0.717) is 22.1 Å². The van der Waals surface area contributed by atoms with Crippen LogP contribution in [0.15, 0.2) is 50.4 Å². The van der Waals surface area contributed by atoms with Gasteiger partial charge < -0.3 is 9.73 Å². The van der Waals surface area contributed by atoms with Gasteiger partial charge in [0.1, 0.15) is 22.6 Å². The summed E-state index contributed by atoms with van der Waals surface area (Å²) in [5, 5.41) is 16.2. The molecule has 0 aliphatic heterocycles. The summed E-state index contributed by atoms with van der Waals surface area (Å²) in [5.41, 5.74) is 4.53. The van der Waals surface area contributed by atoms with E-state index in [0.717, 1.165) is 46.2 Å². The molecule has 3 aromatic rings. The van der Waals surface area contributed by atoms with Crippen LogP contribution in [-0.2, 0) is 22.4 Å². The molecule has 0 unspecified atom stereocenters. The molecule has 2 amide bonds. The lowest BCUT2D eigenvalue weighted by Gasteiger charge is -2.09. The molecule has 0 atom stereocenters. The number of fused-ring (bicyclic) bond motifs is 1. The first kappa shape index (κ1) is 21.0. The molecule has 1 aromatic carbocycles. The molecule has 7 nitrogen and oxygen atoms in total. The van der Waals surface area contributed by atoms with Crippen molar-refractivity contribution in [1.82, 2.24) is 5.43 Å². The molecule has 0 radical (unpaired) electrons. The van der Waals surface area contributed by atoms with E-state index in [1.54, 1.807) is 12.1 Å². The topological polar surface area (TPSA) is 107 Å². The van der Waals surface area contributed by atoms with Crippen molar-refractivity contribution >= 4 is 50.3 Å². The second kappa shape index (κ2) is 9.29. The van der Waals surface area contributed by atoms with E-state index in [9.17, 15) is 14.9 Å². The molecule has 0 saturated heterocycles. The largest absolute Gasteiger partial charge is 0.455 e. The van der Waals surface area contributed by atoms with Gasteiger partial charge in [-0.1, -0.05) is 28.1 Å². The summed E-state index contributed by atoms with van der Waals surface area (Å²) in [7, 11) is 0. The Morgan fingerprint density at radius 3 is 2.68 bits per heavy atom. The number of rotatable bonds is 4. The Balaban J connectivity index is 1.36. The molecule has 2 N–H and O–H groups in total. The van der Waals surface area contributed by atoms with Gasteiger partial charge >= 0.3 is 11.8 Å². The number of carbonyl (C=O) groups excluding carboxylic acids is 2. The number of carbonyl (C=O) groups is 2. The second-order valence-corrected chi connectivity index (χ2v) is 8.91. The van der Waals surface area contributed by atoms with Crippen LogP contribution in [0.3, 0.4) is 0 Å². The lowest BCUT2D eigenvalue weighted by atomic mass is 9.96. The third kappa shape index (κ3) is 4.76. The lowest BCUT2D eigenvalue weighted by molar-refractivity contribution is -0.136. The number of furan rings is 1. The highest BCUT2D eigenvalue weighted by Gasteiger charge is 2.23. The van der Waals surface area contributed by atoms with Crippen LogP contribution < -0.4 is 10.7 Å². The number of benzene rings is 1. The quantitative estimate of drug-likeness (QED) is 0.312. The Kier molecular flexibility index (Phi) is 6.30. The molecule has 9 heteroatoms. The number of hydrogen-bond donors (Lipinski definition) is 2. The van der Waals surface area contributed by atoms with Crippen LogP contribution in [0.25, 0.3) is 11.3 Å². The summed E-state index contributed by atoms with van der Waals surface area (Å²) >= 11 is 4.75. The fourth-order valence-electron chi connectivity index (χ4n) is 3.33. The maximum atomic E-state index is 12.2. The van der Waals surface area contributed by atoms with Crippen LogP contribution in [0.2, 0.25) is 0 Å². The summed E-state index contributed by atoms with van der Waals surface area (Å²) in [5.74, 6) is -0.714. The number of anilines is 1. The Morgan fingerprint density at radius 1 is 1.13 bits per heavy atom. The van der Waals surface area contributed by atoms with E-state index in [4.69, 9.17) is 4.42 Å². The van der Waals surface area contributed by atoms with E-state index in [2.05, 4.69) is 37.8 Å². The molecular weight excluding hydrogens is 480 g/mol. The zero-order valence-corrected chi connectivity index (χ0v) is 18.7. The summed E-state index contributed by atoms with van der Waals surface area (Å²) in [6, 6.07) is 13.3.